The molecule has 0 unspecified atom stereocenters. The zero-order valence-corrected chi connectivity index (χ0v) is 15.5. The molecule has 1 atom stereocenters. The lowest BCUT2D eigenvalue weighted by atomic mass is 10.1. The van der Waals surface area contributed by atoms with Crippen LogP contribution >= 0.6 is 0 Å². The lowest BCUT2D eigenvalue weighted by Crippen LogP contribution is -2.45. The second kappa shape index (κ2) is 9.04. The zero-order chi connectivity index (χ0) is 17.5. The molecule has 1 fully saturated rings. The lowest BCUT2D eigenvalue weighted by molar-refractivity contribution is -0.127. The number of benzene rings is 1. The third-order valence-electron chi connectivity index (χ3n) is 4.71. The molecule has 1 saturated heterocycles. The van der Waals surface area contributed by atoms with Gasteiger partial charge in [-0.15, -0.1) is 0 Å². The van der Waals surface area contributed by atoms with E-state index in [-0.39, 0.29) is 5.91 Å². The molecule has 0 aromatic heterocycles. The number of nitrogens with one attached hydrogen (secondary N) is 1. The summed E-state index contributed by atoms with van der Waals surface area (Å²) >= 11 is 0. The van der Waals surface area contributed by atoms with Gasteiger partial charge in [-0.05, 0) is 64.0 Å². The lowest BCUT2D eigenvalue weighted by Gasteiger charge is -2.32. The molecule has 24 heavy (non-hydrogen) atoms. The molecule has 1 aliphatic heterocycles. The van der Waals surface area contributed by atoms with Crippen molar-refractivity contribution in [3.05, 3.63) is 29.3 Å². The van der Waals surface area contributed by atoms with Crippen molar-refractivity contribution in [2.75, 3.05) is 46.3 Å². The van der Waals surface area contributed by atoms with E-state index in [2.05, 4.69) is 29.1 Å². The van der Waals surface area contributed by atoms with Crippen molar-refractivity contribution >= 4 is 5.91 Å². The SMILES string of the molecule is Cc1ccc(O[C@@H](C)C(=O)NCCCN2CCN(C)CC2)cc1C. The molecule has 1 aliphatic rings. The molecule has 1 N–H and O–H groups in total. The first-order valence-corrected chi connectivity index (χ1v) is 8.88. The topological polar surface area (TPSA) is 44.8 Å². The molecule has 0 aliphatic carbocycles. The highest BCUT2D eigenvalue weighted by molar-refractivity contribution is 5.80. The maximum Gasteiger partial charge on any atom is 0.260 e. The normalized spacial score (nSPS) is 17.5. The smallest absolute Gasteiger partial charge is 0.260 e. The van der Waals surface area contributed by atoms with Gasteiger partial charge in [0.05, 0.1) is 0 Å². The van der Waals surface area contributed by atoms with E-state index in [0.717, 1.165) is 44.9 Å². The maximum atomic E-state index is 12.1. The number of carbonyl (C=O) groups is 1. The Morgan fingerprint density at radius 1 is 1.21 bits per heavy atom. The highest BCUT2D eigenvalue weighted by Crippen LogP contribution is 2.17. The third kappa shape index (κ3) is 5.80. The summed E-state index contributed by atoms with van der Waals surface area (Å²) in [6.45, 7) is 12.2. The van der Waals surface area contributed by atoms with Crippen molar-refractivity contribution in [3.63, 3.8) is 0 Å². The van der Waals surface area contributed by atoms with Crippen LogP contribution in [0, 0.1) is 13.8 Å². The predicted molar refractivity (Wildman–Crippen MR) is 97.6 cm³/mol. The Morgan fingerprint density at radius 3 is 2.58 bits per heavy atom. The van der Waals surface area contributed by atoms with E-state index in [1.165, 1.54) is 11.1 Å². The Bertz CT molecular complexity index is 539. The van der Waals surface area contributed by atoms with Crippen LogP contribution in [0.4, 0.5) is 0 Å². The summed E-state index contributed by atoms with van der Waals surface area (Å²) in [6, 6.07) is 5.91. The van der Waals surface area contributed by atoms with Crippen LogP contribution < -0.4 is 10.1 Å². The van der Waals surface area contributed by atoms with Crippen molar-refractivity contribution in [1.82, 2.24) is 15.1 Å². The van der Waals surface area contributed by atoms with Crippen LogP contribution in [0.3, 0.4) is 0 Å². The van der Waals surface area contributed by atoms with Gasteiger partial charge in [0, 0.05) is 32.7 Å². The van der Waals surface area contributed by atoms with Gasteiger partial charge >= 0.3 is 0 Å². The number of carbonyl (C=O) groups excluding carboxylic acids is 1. The number of piperazine rings is 1. The van der Waals surface area contributed by atoms with Gasteiger partial charge in [0.25, 0.3) is 5.91 Å². The van der Waals surface area contributed by atoms with Gasteiger partial charge in [0.15, 0.2) is 6.10 Å². The molecule has 1 heterocycles. The summed E-state index contributed by atoms with van der Waals surface area (Å²) in [5, 5.41) is 2.98. The molecular formula is C19H31N3O2. The summed E-state index contributed by atoms with van der Waals surface area (Å²) in [6.07, 6.45) is 0.502. The molecule has 2 rings (SSSR count). The van der Waals surface area contributed by atoms with E-state index in [1.807, 2.05) is 25.1 Å². The van der Waals surface area contributed by atoms with E-state index in [9.17, 15) is 4.79 Å². The largest absolute Gasteiger partial charge is 0.481 e. The molecule has 1 aromatic rings. The molecule has 1 aromatic carbocycles. The van der Waals surface area contributed by atoms with Crippen molar-refractivity contribution in [2.24, 2.45) is 0 Å². The van der Waals surface area contributed by atoms with Crippen LogP contribution in [0.1, 0.15) is 24.5 Å². The Kier molecular flexibility index (Phi) is 7.06. The average molecular weight is 333 g/mol. The van der Waals surface area contributed by atoms with Crippen LogP contribution in [-0.4, -0.2) is 68.1 Å². The standard InChI is InChI=1S/C19H31N3O2/c1-15-6-7-18(14-16(15)2)24-17(3)19(23)20-8-5-9-22-12-10-21(4)11-13-22/h6-7,14,17H,5,8-13H2,1-4H3,(H,20,23)/t17-/m0/s1. The second-order valence-corrected chi connectivity index (χ2v) is 6.80. The Balaban J connectivity index is 1.65. The Hall–Kier alpha value is -1.59. The van der Waals surface area contributed by atoms with E-state index in [4.69, 9.17) is 4.74 Å². The number of aryl methyl sites for hydroxylation is 2. The quantitative estimate of drug-likeness (QED) is 0.773. The molecule has 0 bridgehead atoms. The summed E-state index contributed by atoms with van der Waals surface area (Å²) in [7, 11) is 2.16. The number of rotatable bonds is 7. The van der Waals surface area contributed by atoms with Gasteiger partial charge in [-0.3, -0.25) is 4.79 Å². The van der Waals surface area contributed by atoms with E-state index in [0.29, 0.717) is 6.54 Å². The molecule has 0 spiro atoms. The van der Waals surface area contributed by atoms with Crippen LogP contribution in [0.15, 0.2) is 18.2 Å². The van der Waals surface area contributed by atoms with E-state index < -0.39 is 6.10 Å². The summed E-state index contributed by atoms with van der Waals surface area (Å²) in [5.74, 6) is 0.699. The third-order valence-corrected chi connectivity index (χ3v) is 4.71. The number of nitrogens with zero attached hydrogens (tertiary/aromatic N) is 2. The van der Waals surface area contributed by atoms with Crippen LogP contribution in [0.25, 0.3) is 0 Å². The number of ether oxygens (including phenoxy) is 1. The number of likely N-dealkylation sites (N-methyl/N-ethyl adjacent to an activating group) is 1. The van der Waals surface area contributed by atoms with Crippen molar-refractivity contribution in [2.45, 2.75) is 33.3 Å². The Labute approximate surface area is 146 Å². The first kappa shape index (κ1) is 18.7. The van der Waals surface area contributed by atoms with Crippen LogP contribution in [-0.2, 0) is 4.79 Å². The highest BCUT2D eigenvalue weighted by Gasteiger charge is 2.16. The molecule has 1 amide bonds. The molecule has 5 heteroatoms. The first-order chi connectivity index (χ1) is 11.5. The Morgan fingerprint density at radius 2 is 1.92 bits per heavy atom. The van der Waals surface area contributed by atoms with E-state index >= 15 is 0 Å². The summed E-state index contributed by atoms with van der Waals surface area (Å²) < 4.78 is 5.74. The molecular weight excluding hydrogens is 302 g/mol. The number of hydrogen-bond acceptors (Lipinski definition) is 4. The predicted octanol–water partition coefficient (Wildman–Crippen LogP) is 1.82. The van der Waals surface area contributed by atoms with Crippen molar-refractivity contribution < 1.29 is 9.53 Å². The van der Waals surface area contributed by atoms with Gasteiger partial charge < -0.3 is 19.9 Å². The number of hydrogen-bond donors (Lipinski definition) is 1. The first-order valence-electron chi connectivity index (χ1n) is 8.88. The minimum Gasteiger partial charge on any atom is -0.481 e. The minimum absolute atomic E-state index is 0.0494. The van der Waals surface area contributed by atoms with Crippen molar-refractivity contribution in [3.8, 4) is 5.75 Å². The monoisotopic (exact) mass is 333 g/mol. The molecule has 0 radical (unpaired) electrons. The molecule has 134 valence electrons. The van der Waals surface area contributed by atoms with Gasteiger partial charge in [-0.25, -0.2) is 0 Å². The van der Waals surface area contributed by atoms with Crippen LogP contribution in [0.5, 0.6) is 5.75 Å². The summed E-state index contributed by atoms with van der Waals surface area (Å²) in [4.78, 5) is 16.9. The fourth-order valence-corrected chi connectivity index (χ4v) is 2.77. The molecule has 0 saturated carbocycles. The van der Waals surface area contributed by atoms with Crippen LogP contribution in [0.2, 0.25) is 0 Å². The summed E-state index contributed by atoms with van der Waals surface area (Å²) in [5.41, 5.74) is 2.40. The minimum atomic E-state index is -0.476. The fourth-order valence-electron chi connectivity index (χ4n) is 2.77. The fraction of sp³-hybridized carbons (Fsp3) is 0.632. The number of amides is 1. The van der Waals surface area contributed by atoms with E-state index in [1.54, 1.807) is 6.92 Å². The maximum absolute atomic E-state index is 12.1. The molecule has 5 nitrogen and oxygen atoms in total. The van der Waals surface area contributed by atoms with Gasteiger partial charge in [-0.2, -0.15) is 0 Å². The van der Waals surface area contributed by atoms with Gasteiger partial charge in [-0.1, -0.05) is 6.07 Å². The zero-order valence-electron chi connectivity index (χ0n) is 15.5. The average Bonchev–Trinajstić information content (AvgIpc) is 2.56. The van der Waals surface area contributed by atoms with Gasteiger partial charge in [0.1, 0.15) is 5.75 Å². The second-order valence-electron chi connectivity index (χ2n) is 6.80. The van der Waals surface area contributed by atoms with Crippen molar-refractivity contribution in [1.29, 1.82) is 0 Å². The highest BCUT2D eigenvalue weighted by atomic mass is 16.5. The van der Waals surface area contributed by atoms with Gasteiger partial charge in [0.2, 0.25) is 0 Å².